The van der Waals surface area contributed by atoms with Gasteiger partial charge in [-0.1, -0.05) is 31.4 Å². The number of fused-ring (bicyclic) bond motifs is 1. The second-order valence-corrected chi connectivity index (χ2v) is 9.04. The lowest BCUT2D eigenvalue weighted by Crippen LogP contribution is -2.25. The molecule has 1 amide bonds. The number of amides is 1. The number of carbonyl (C=O) groups excluding carboxylic acids is 1. The van der Waals surface area contributed by atoms with E-state index in [4.69, 9.17) is 19.6 Å². The van der Waals surface area contributed by atoms with Crippen LogP contribution in [0.1, 0.15) is 59.9 Å². The molecule has 36 heavy (non-hydrogen) atoms. The van der Waals surface area contributed by atoms with Gasteiger partial charge >= 0.3 is 5.97 Å². The molecule has 190 valence electrons. The van der Waals surface area contributed by atoms with Crippen LogP contribution in [0.5, 0.6) is 5.75 Å². The van der Waals surface area contributed by atoms with Gasteiger partial charge in [0.25, 0.3) is 5.91 Å². The fourth-order valence-electron chi connectivity index (χ4n) is 4.75. The summed E-state index contributed by atoms with van der Waals surface area (Å²) in [4.78, 5) is 28.3. The molecule has 2 N–H and O–H groups in total. The van der Waals surface area contributed by atoms with Crippen LogP contribution in [0.25, 0.3) is 11.0 Å². The zero-order chi connectivity index (χ0) is 25.3. The summed E-state index contributed by atoms with van der Waals surface area (Å²) >= 11 is 0. The van der Waals surface area contributed by atoms with E-state index in [1.54, 1.807) is 25.5 Å². The van der Waals surface area contributed by atoms with Gasteiger partial charge in [0.05, 0.1) is 24.4 Å². The third-order valence-electron chi connectivity index (χ3n) is 6.48. The van der Waals surface area contributed by atoms with E-state index in [0.717, 1.165) is 35.3 Å². The van der Waals surface area contributed by atoms with Gasteiger partial charge in [0.1, 0.15) is 11.6 Å². The van der Waals surface area contributed by atoms with Crippen LogP contribution in [0.2, 0.25) is 0 Å². The third-order valence-corrected chi connectivity index (χ3v) is 6.48. The minimum Gasteiger partial charge on any atom is -0.505 e. The van der Waals surface area contributed by atoms with Crippen molar-refractivity contribution < 1.29 is 24.2 Å². The van der Waals surface area contributed by atoms with E-state index in [2.05, 4.69) is 9.88 Å². The first-order valence-corrected chi connectivity index (χ1v) is 12.5. The fraction of sp³-hybridized carbons (Fsp3) is 0.393. The zero-order valence-corrected chi connectivity index (χ0v) is 20.6. The van der Waals surface area contributed by atoms with E-state index in [0.29, 0.717) is 36.7 Å². The minimum atomic E-state index is -1.01. The van der Waals surface area contributed by atoms with Crippen molar-refractivity contribution in [2.75, 3.05) is 20.3 Å². The summed E-state index contributed by atoms with van der Waals surface area (Å²) < 4.78 is 12.6. The average molecular weight is 492 g/mol. The summed E-state index contributed by atoms with van der Waals surface area (Å²) in [6.07, 6.45) is 11.0. The van der Waals surface area contributed by atoms with Gasteiger partial charge < -0.3 is 24.5 Å². The monoisotopic (exact) mass is 491 g/mol. The van der Waals surface area contributed by atoms with Crippen LogP contribution in [-0.4, -0.2) is 46.8 Å². The maximum Gasteiger partial charge on any atom is 0.341 e. The molecule has 0 atom stereocenters. The molecule has 0 spiro atoms. The molecule has 1 heterocycles. The number of carboxylic acids is 1. The molecule has 0 saturated heterocycles. The lowest BCUT2D eigenvalue weighted by molar-refractivity contribution is -0.139. The summed E-state index contributed by atoms with van der Waals surface area (Å²) in [5, 5.41) is 11.7. The van der Waals surface area contributed by atoms with Gasteiger partial charge in [0, 0.05) is 24.6 Å². The Bertz CT molecular complexity index is 1210. The summed E-state index contributed by atoms with van der Waals surface area (Å²) in [7, 11) is 1.64. The zero-order valence-electron chi connectivity index (χ0n) is 20.6. The quantitative estimate of drug-likeness (QED) is 0.378. The van der Waals surface area contributed by atoms with Gasteiger partial charge in [-0.15, -0.1) is 0 Å². The Morgan fingerprint density at radius 2 is 1.92 bits per heavy atom. The number of nitrogens with zero attached hydrogens (tertiary/aromatic N) is 2. The topological polar surface area (TPSA) is 103 Å². The molecule has 4 rings (SSSR count). The highest BCUT2D eigenvalue weighted by molar-refractivity contribution is 5.97. The molecule has 1 aliphatic carbocycles. The Morgan fingerprint density at radius 3 is 2.64 bits per heavy atom. The fourth-order valence-corrected chi connectivity index (χ4v) is 4.75. The number of ether oxygens (including phenoxy) is 2. The number of carboxylic acid groups (broad SMARTS) is 1. The predicted octanol–water partition coefficient (Wildman–Crippen LogP) is 4.68. The number of aliphatic carboxylic acids is 1. The molecule has 3 aromatic rings. The van der Waals surface area contributed by atoms with Crippen molar-refractivity contribution in [2.24, 2.45) is 0 Å². The number of allylic oxidation sites excluding steroid dienone is 1. The first kappa shape index (κ1) is 25.3. The van der Waals surface area contributed by atoms with Crippen molar-refractivity contribution >= 4 is 22.9 Å². The van der Waals surface area contributed by atoms with Gasteiger partial charge in [-0.3, -0.25) is 4.79 Å². The number of hydrogen-bond acceptors (Lipinski definition) is 5. The lowest BCUT2D eigenvalue weighted by Gasteiger charge is -2.25. The number of aromatic nitrogens is 2. The van der Waals surface area contributed by atoms with Crippen LogP contribution in [-0.2, 0) is 22.4 Å². The van der Waals surface area contributed by atoms with E-state index in [1.165, 1.54) is 19.3 Å². The SMILES string of the molecule is CO/C=C\Cc1nc2cc(C(=O)NCCc3ccc(OCC(=O)O)cc3)ccc2n1C1CCCCC1. The van der Waals surface area contributed by atoms with Crippen LogP contribution in [0.4, 0.5) is 0 Å². The van der Waals surface area contributed by atoms with Gasteiger partial charge in [0.2, 0.25) is 0 Å². The molecule has 8 nitrogen and oxygen atoms in total. The molecule has 0 aliphatic heterocycles. The van der Waals surface area contributed by atoms with Crippen LogP contribution in [0, 0.1) is 0 Å². The normalized spacial score (nSPS) is 14.2. The molecule has 1 saturated carbocycles. The van der Waals surface area contributed by atoms with Crippen molar-refractivity contribution in [3.05, 3.63) is 71.8 Å². The van der Waals surface area contributed by atoms with Gasteiger partial charge in [-0.2, -0.15) is 0 Å². The van der Waals surface area contributed by atoms with Crippen molar-refractivity contribution in [1.82, 2.24) is 14.9 Å². The molecule has 2 aromatic carbocycles. The molecule has 0 radical (unpaired) electrons. The van der Waals surface area contributed by atoms with E-state index in [-0.39, 0.29) is 12.5 Å². The smallest absolute Gasteiger partial charge is 0.341 e. The Hall–Kier alpha value is -3.81. The number of methoxy groups -OCH3 is 1. The molecule has 1 aromatic heterocycles. The highest BCUT2D eigenvalue weighted by Crippen LogP contribution is 2.33. The molecule has 1 aliphatic rings. The number of imidazole rings is 1. The average Bonchev–Trinajstić information content (AvgIpc) is 3.26. The van der Waals surface area contributed by atoms with E-state index >= 15 is 0 Å². The van der Waals surface area contributed by atoms with E-state index in [9.17, 15) is 9.59 Å². The summed E-state index contributed by atoms with van der Waals surface area (Å²) in [6, 6.07) is 13.4. The van der Waals surface area contributed by atoms with Crippen LogP contribution in [0.3, 0.4) is 0 Å². The molecular weight excluding hydrogens is 458 g/mol. The second-order valence-electron chi connectivity index (χ2n) is 9.04. The first-order chi connectivity index (χ1) is 17.5. The number of hydrogen-bond donors (Lipinski definition) is 2. The summed E-state index contributed by atoms with van der Waals surface area (Å²) in [6.45, 7) is 0.111. The van der Waals surface area contributed by atoms with Crippen molar-refractivity contribution in [3.63, 3.8) is 0 Å². The Kier molecular flexibility index (Phi) is 8.60. The highest BCUT2D eigenvalue weighted by Gasteiger charge is 2.21. The Morgan fingerprint density at radius 1 is 1.14 bits per heavy atom. The molecule has 0 unspecified atom stereocenters. The minimum absolute atomic E-state index is 0.133. The molecular formula is C28H33N3O5. The number of carbonyl (C=O) groups is 2. The number of benzene rings is 2. The van der Waals surface area contributed by atoms with Crippen LogP contribution >= 0.6 is 0 Å². The maximum absolute atomic E-state index is 12.8. The molecule has 0 bridgehead atoms. The van der Waals surface area contributed by atoms with E-state index < -0.39 is 5.97 Å². The summed E-state index contributed by atoms with van der Waals surface area (Å²) in [5.41, 5.74) is 3.52. The highest BCUT2D eigenvalue weighted by atomic mass is 16.5. The maximum atomic E-state index is 12.8. The number of rotatable bonds is 11. The molecule has 1 fully saturated rings. The Balaban J connectivity index is 1.41. The second kappa shape index (κ2) is 12.2. The van der Waals surface area contributed by atoms with Crippen molar-refractivity contribution in [1.29, 1.82) is 0 Å². The first-order valence-electron chi connectivity index (χ1n) is 12.5. The van der Waals surface area contributed by atoms with Gasteiger partial charge in [-0.25, -0.2) is 9.78 Å². The van der Waals surface area contributed by atoms with Crippen LogP contribution in [0.15, 0.2) is 54.8 Å². The Labute approximate surface area is 210 Å². The van der Waals surface area contributed by atoms with Gasteiger partial charge in [-0.05, 0) is 61.2 Å². The standard InChI is InChI=1S/C28H33N3O5/c1-35-17-5-8-26-30-24-18-21(11-14-25(24)31(26)22-6-3-2-4-7-22)28(34)29-16-15-20-9-12-23(13-10-20)36-19-27(32)33/h5,9-14,17-18,22H,2-4,6-8,15-16,19H2,1H3,(H,29,34)(H,32,33)/b17-5-. The predicted molar refractivity (Wildman–Crippen MR) is 137 cm³/mol. The number of nitrogens with one attached hydrogen (secondary N) is 1. The molecule has 8 heteroatoms. The van der Waals surface area contributed by atoms with Crippen molar-refractivity contribution in [3.8, 4) is 5.75 Å². The third kappa shape index (κ3) is 6.44. The lowest BCUT2D eigenvalue weighted by atomic mass is 9.95. The van der Waals surface area contributed by atoms with E-state index in [1.807, 2.05) is 36.4 Å². The van der Waals surface area contributed by atoms with Crippen LogP contribution < -0.4 is 10.1 Å². The summed E-state index contributed by atoms with van der Waals surface area (Å²) in [5.74, 6) is 0.355. The van der Waals surface area contributed by atoms with Gasteiger partial charge in [0.15, 0.2) is 6.61 Å². The van der Waals surface area contributed by atoms with Crippen molar-refractivity contribution in [2.45, 2.75) is 51.0 Å². The largest absolute Gasteiger partial charge is 0.505 e.